The van der Waals surface area contributed by atoms with Crippen LogP contribution in [0.3, 0.4) is 0 Å². The predicted octanol–water partition coefficient (Wildman–Crippen LogP) is 5.72. The number of H-pyrrole nitrogens is 1. The molecule has 3 aromatic rings. The summed E-state index contributed by atoms with van der Waals surface area (Å²) >= 11 is 10.7. The highest BCUT2D eigenvalue weighted by Gasteiger charge is 2.12. The molecular formula is C15H10BrIN4OS. The second-order valence-electron chi connectivity index (χ2n) is 4.62. The molecule has 0 spiro atoms. The molecule has 0 bridgehead atoms. The van der Waals surface area contributed by atoms with Crippen LogP contribution < -0.4 is 5.32 Å². The van der Waals surface area contributed by atoms with E-state index >= 15 is 0 Å². The maximum absolute atomic E-state index is 10.0. The summed E-state index contributed by atoms with van der Waals surface area (Å²) in [4.78, 5) is 2.90. The summed E-state index contributed by atoms with van der Waals surface area (Å²) in [7, 11) is 0. The third kappa shape index (κ3) is 3.70. The van der Waals surface area contributed by atoms with Gasteiger partial charge in [-0.25, -0.2) is 0 Å². The lowest BCUT2D eigenvalue weighted by atomic mass is 10.2. The summed E-state index contributed by atoms with van der Waals surface area (Å²) in [5.41, 5.74) is 2.01. The quantitative estimate of drug-likeness (QED) is 0.239. The van der Waals surface area contributed by atoms with E-state index in [2.05, 4.69) is 59.1 Å². The van der Waals surface area contributed by atoms with Crippen molar-refractivity contribution in [2.24, 2.45) is 10.2 Å². The van der Waals surface area contributed by atoms with Crippen molar-refractivity contribution in [3.8, 4) is 5.88 Å². The van der Waals surface area contributed by atoms with Crippen molar-refractivity contribution in [1.29, 1.82) is 0 Å². The lowest BCUT2D eigenvalue weighted by molar-refractivity contribution is 0.459. The average molecular weight is 501 g/mol. The van der Waals surface area contributed by atoms with Crippen LogP contribution in [0.1, 0.15) is 0 Å². The van der Waals surface area contributed by atoms with Gasteiger partial charge in [0.1, 0.15) is 0 Å². The Hall–Kier alpha value is -1.52. The number of halogens is 2. The van der Waals surface area contributed by atoms with E-state index in [-0.39, 0.29) is 11.0 Å². The van der Waals surface area contributed by atoms with Crippen LogP contribution in [0.2, 0.25) is 0 Å². The van der Waals surface area contributed by atoms with E-state index in [1.807, 2.05) is 42.5 Å². The van der Waals surface area contributed by atoms with Gasteiger partial charge in [-0.1, -0.05) is 28.1 Å². The number of nitrogens with zero attached hydrogens (tertiary/aromatic N) is 2. The summed E-state index contributed by atoms with van der Waals surface area (Å²) in [5, 5.41) is 22.0. The molecule has 0 amide bonds. The van der Waals surface area contributed by atoms with E-state index in [9.17, 15) is 5.11 Å². The molecule has 1 heterocycles. The van der Waals surface area contributed by atoms with Crippen molar-refractivity contribution in [1.82, 2.24) is 4.98 Å². The van der Waals surface area contributed by atoms with Crippen LogP contribution in [0.15, 0.2) is 57.2 Å². The van der Waals surface area contributed by atoms with Crippen molar-refractivity contribution in [2.45, 2.75) is 0 Å². The zero-order valence-electron chi connectivity index (χ0n) is 11.5. The molecule has 0 fully saturated rings. The number of anilines is 1. The van der Waals surface area contributed by atoms with Crippen LogP contribution in [0.25, 0.3) is 10.9 Å². The van der Waals surface area contributed by atoms with Gasteiger partial charge in [0, 0.05) is 19.1 Å². The third-order valence-electron chi connectivity index (χ3n) is 3.07. The SMILES string of the molecule is Oc1[nH]c2c(I)cccc2c1N=NC(=S)Nc1ccc(Br)cc1. The molecule has 0 aliphatic carbocycles. The van der Waals surface area contributed by atoms with Gasteiger partial charge in [-0.3, -0.25) is 0 Å². The van der Waals surface area contributed by atoms with E-state index in [1.165, 1.54) is 0 Å². The van der Waals surface area contributed by atoms with Crippen molar-refractivity contribution in [2.75, 3.05) is 5.32 Å². The lowest BCUT2D eigenvalue weighted by Crippen LogP contribution is -2.04. The monoisotopic (exact) mass is 500 g/mol. The van der Waals surface area contributed by atoms with Gasteiger partial charge in [-0.05, 0) is 65.1 Å². The lowest BCUT2D eigenvalue weighted by Gasteiger charge is -2.02. The molecule has 0 radical (unpaired) electrons. The van der Waals surface area contributed by atoms with Crippen LogP contribution in [-0.4, -0.2) is 15.2 Å². The van der Waals surface area contributed by atoms with E-state index in [4.69, 9.17) is 12.2 Å². The second kappa shape index (κ2) is 6.93. The Bertz CT molecular complexity index is 908. The number of fused-ring (bicyclic) bond motifs is 1. The fourth-order valence-electron chi connectivity index (χ4n) is 2.03. The molecule has 1 aromatic heterocycles. The van der Waals surface area contributed by atoms with Crippen LogP contribution in [0.4, 0.5) is 11.4 Å². The topological polar surface area (TPSA) is 72.8 Å². The van der Waals surface area contributed by atoms with Crippen molar-refractivity contribution in [3.63, 3.8) is 0 Å². The summed E-state index contributed by atoms with van der Waals surface area (Å²) in [6.45, 7) is 0. The summed E-state index contributed by atoms with van der Waals surface area (Å²) < 4.78 is 1.97. The van der Waals surface area contributed by atoms with Gasteiger partial charge in [0.2, 0.25) is 11.0 Å². The van der Waals surface area contributed by atoms with Crippen LogP contribution >= 0.6 is 50.7 Å². The Morgan fingerprint density at radius 2 is 1.96 bits per heavy atom. The van der Waals surface area contributed by atoms with Gasteiger partial charge in [-0.15, -0.1) is 10.2 Å². The van der Waals surface area contributed by atoms with Crippen LogP contribution in [0.5, 0.6) is 5.88 Å². The number of nitrogens with one attached hydrogen (secondary N) is 2. The number of para-hydroxylation sites is 1. The average Bonchev–Trinajstić information content (AvgIpc) is 2.85. The number of thiocarbonyl (C=S) groups is 1. The largest absolute Gasteiger partial charge is 0.493 e. The Labute approximate surface area is 159 Å². The first-order chi connectivity index (χ1) is 11.0. The molecule has 0 saturated heterocycles. The minimum atomic E-state index is -0.0284. The van der Waals surface area contributed by atoms with E-state index in [0.717, 1.165) is 24.6 Å². The number of rotatable bonds is 2. The van der Waals surface area contributed by atoms with Crippen molar-refractivity contribution < 1.29 is 5.11 Å². The number of azo groups is 1. The first-order valence-electron chi connectivity index (χ1n) is 6.52. The van der Waals surface area contributed by atoms with Gasteiger partial charge in [0.05, 0.1) is 5.52 Å². The van der Waals surface area contributed by atoms with Crippen LogP contribution in [-0.2, 0) is 0 Å². The molecule has 3 rings (SSSR count). The Kier molecular flexibility index (Phi) is 4.93. The highest BCUT2D eigenvalue weighted by atomic mass is 127. The molecule has 8 heteroatoms. The Balaban J connectivity index is 1.82. The highest BCUT2D eigenvalue weighted by molar-refractivity contribution is 14.1. The first kappa shape index (κ1) is 16.3. The Morgan fingerprint density at radius 1 is 1.22 bits per heavy atom. The second-order valence-corrected chi connectivity index (χ2v) is 7.09. The number of aromatic hydroxyl groups is 1. The maximum atomic E-state index is 10.0. The normalized spacial score (nSPS) is 11.2. The zero-order valence-corrected chi connectivity index (χ0v) is 16.1. The van der Waals surface area contributed by atoms with Gasteiger partial charge in [0.25, 0.3) is 0 Å². The number of hydrogen-bond donors (Lipinski definition) is 3. The molecular weight excluding hydrogens is 491 g/mol. The molecule has 0 aliphatic heterocycles. The Morgan fingerprint density at radius 3 is 2.70 bits per heavy atom. The molecule has 116 valence electrons. The van der Waals surface area contributed by atoms with Crippen molar-refractivity contribution in [3.05, 3.63) is 50.5 Å². The minimum absolute atomic E-state index is 0.0284. The summed E-state index contributed by atoms with van der Waals surface area (Å²) in [6, 6.07) is 13.3. The fraction of sp³-hybridized carbons (Fsp3) is 0. The molecule has 0 atom stereocenters. The summed E-state index contributed by atoms with van der Waals surface area (Å²) in [6.07, 6.45) is 0. The van der Waals surface area contributed by atoms with Gasteiger partial charge < -0.3 is 15.4 Å². The van der Waals surface area contributed by atoms with Gasteiger partial charge in [-0.2, -0.15) is 0 Å². The molecule has 0 saturated carbocycles. The molecule has 5 nitrogen and oxygen atoms in total. The van der Waals surface area contributed by atoms with Gasteiger partial charge >= 0.3 is 0 Å². The van der Waals surface area contributed by atoms with Crippen molar-refractivity contribution >= 4 is 78.1 Å². The smallest absolute Gasteiger partial charge is 0.218 e. The van der Waals surface area contributed by atoms with E-state index < -0.39 is 0 Å². The number of hydrogen-bond acceptors (Lipinski definition) is 3. The molecule has 23 heavy (non-hydrogen) atoms. The molecule has 2 aromatic carbocycles. The number of aromatic nitrogens is 1. The fourth-order valence-corrected chi connectivity index (χ4v) is 3.09. The summed E-state index contributed by atoms with van der Waals surface area (Å²) in [5.74, 6) is -0.0284. The molecule has 3 N–H and O–H groups in total. The maximum Gasteiger partial charge on any atom is 0.218 e. The first-order valence-corrected chi connectivity index (χ1v) is 8.80. The predicted molar refractivity (Wildman–Crippen MR) is 108 cm³/mol. The zero-order chi connectivity index (χ0) is 16.4. The van der Waals surface area contributed by atoms with E-state index in [1.54, 1.807) is 0 Å². The van der Waals surface area contributed by atoms with Gasteiger partial charge in [0.15, 0.2) is 5.69 Å². The highest BCUT2D eigenvalue weighted by Crippen LogP contribution is 2.37. The molecule has 0 unspecified atom stereocenters. The number of aromatic amines is 1. The number of benzene rings is 2. The minimum Gasteiger partial charge on any atom is -0.493 e. The standard InChI is InChI=1S/C15H10BrIN4OS/c16-8-4-6-9(7-5-8)18-15(23)21-20-13-10-2-1-3-11(17)12(10)19-14(13)22/h1-7,19,22H,(H,18,23). The van der Waals surface area contributed by atoms with Crippen LogP contribution in [0, 0.1) is 3.57 Å². The molecule has 0 aliphatic rings. The van der Waals surface area contributed by atoms with E-state index in [0.29, 0.717) is 5.69 Å². The third-order valence-corrected chi connectivity index (χ3v) is 4.68.